The normalized spacial score (nSPS) is 12.8. The van der Waals surface area contributed by atoms with Crippen molar-refractivity contribution in [1.82, 2.24) is 31.1 Å². The molecule has 0 aliphatic carbocycles. The smallest absolute Gasteiger partial charge is 0.307 e. The first kappa shape index (κ1) is 67.9. The summed E-state index contributed by atoms with van der Waals surface area (Å²) < 4.78 is 32.9. The number of ether oxygens (including phenoxy) is 6. The summed E-state index contributed by atoms with van der Waals surface area (Å²) in [5, 5.41) is 40.9. The molecular weight excluding hydrogens is 1060 g/mol. The van der Waals surface area contributed by atoms with E-state index >= 15 is 0 Å². The lowest BCUT2D eigenvalue weighted by Crippen LogP contribution is -2.49. The number of nitrogens with one attached hydrogen (secondary N) is 3. The first-order valence-corrected chi connectivity index (χ1v) is 27.1. The molecule has 3 aromatic carbocycles. The number of amides is 6. The second-order valence-electron chi connectivity index (χ2n) is 18.7. The molecular formula is C57H80N6O18. The van der Waals surface area contributed by atoms with Gasteiger partial charge in [0.25, 0.3) is 17.7 Å². The highest BCUT2D eigenvalue weighted by Crippen LogP contribution is 2.25. The van der Waals surface area contributed by atoms with Crippen molar-refractivity contribution in [2.24, 2.45) is 5.41 Å². The molecule has 0 fully saturated rings. The van der Waals surface area contributed by atoms with Crippen molar-refractivity contribution in [3.05, 3.63) is 108 Å². The number of hydrogen-bond donors (Lipinski definition) is 6. The van der Waals surface area contributed by atoms with Gasteiger partial charge in [0.15, 0.2) is 0 Å². The van der Waals surface area contributed by atoms with Crippen LogP contribution in [-0.4, -0.2) is 181 Å². The molecule has 6 N–H and O–H groups in total. The minimum absolute atomic E-state index is 0.0222. The molecule has 6 amide bonds. The van der Waals surface area contributed by atoms with E-state index in [-0.39, 0.29) is 137 Å². The highest BCUT2D eigenvalue weighted by Gasteiger charge is 2.33. The summed E-state index contributed by atoms with van der Waals surface area (Å²) in [5.74, 6) is -6.16. The molecule has 0 bridgehead atoms. The van der Waals surface area contributed by atoms with Gasteiger partial charge in [0.2, 0.25) is 17.7 Å². The third kappa shape index (κ3) is 27.1. The Balaban J connectivity index is 1.73. The Kier molecular flexibility index (Phi) is 32.1. The molecule has 24 nitrogen and oxygen atoms in total. The molecule has 0 saturated heterocycles. The van der Waals surface area contributed by atoms with Crippen LogP contribution in [0.3, 0.4) is 0 Å². The zero-order chi connectivity index (χ0) is 59.4. The van der Waals surface area contributed by atoms with E-state index in [0.717, 1.165) is 0 Å². The lowest BCUT2D eigenvalue weighted by molar-refractivity contribution is -0.171. The van der Waals surface area contributed by atoms with Crippen LogP contribution in [0.5, 0.6) is 0 Å². The summed E-state index contributed by atoms with van der Waals surface area (Å²) in [6.45, 7) is 5.27. The van der Waals surface area contributed by atoms with Crippen LogP contribution >= 0.6 is 0 Å². The third-order valence-corrected chi connectivity index (χ3v) is 12.4. The number of carbonyl (C=O) groups excluding carboxylic acids is 9. The molecule has 0 radical (unpaired) electrons. The molecule has 0 aromatic heterocycles. The summed E-state index contributed by atoms with van der Waals surface area (Å²) in [6, 6.07) is 22.8. The Labute approximate surface area is 472 Å². The minimum atomic E-state index is -1.21. The second kappa shape index (κ2) is 38.3. The van der Waals surface area contributed by atoms with Gasteiger partial charge in [-0.1, -0.05) is 97.9 Å². The van der Waals surface area contributed by atoms with E-state index in [0.29, 0.717) is 38.3 Å². The van der Waals surface area contributed by atoms with Gasteiger partial charge < -0.3 is 44.4 Å². The number of carbonyl (C=O) groups is 9. The van der Waals surface area contributed by atoms with Crippen molar-refractivity contribution < 1.29 is 87.2 Å². The number of hydrogen-bond acceptors (Lipinski definition) is 18. The summed E-state index contributed by atoms with van der Waals surface area (Å²) in [7, 11) is 0. The van der Waals surface area contributed by atoms with Crippen molar-refractivity contribution in [1.29, 1.82) is 0 Å². The van der Waals surface area contributed by atoms with Gasteiger partial charge in [-0.05, 0) is 43.9 Å². The van der Waals surface area contributed by atoms with Gasteiger partial charge in [-0.2, -0.15) is 0 Å². The highest BCUT2D eigenvalue weighted by atomic mass is 16.6. The lowest BCUT2D eigenvalue weighted by Gasteiger charge is -2.32. The molecule has 24 heteroatoms. The van der Waals surface area contributed by atoms with Crippen molar-refractivity contribution in [2.75, 3.05) is 79.1 Å². The second-order valence-corrected chi connectivity index (χ2v) is 18.7. The maximum Gasteiger partial charge on any atom is 0.307 e. The van der Waals surface area contributed by atoms with Crippen molar-refractivity contribution in [3.63, 3.8) is 0 Å². The summed E-state index contributed by atoms with van der Waals surface area (Å²) in [5.41, 5.74) is 1.10. The summed E-state index contributed by atoms with van der Waals surface area (Å²) in [4.78, 5) is 116. The minimum Gasteiger partial charge on any atom is -0.466 e. The van der Waals surface area contributed by atoms with Crippen LogP contribution in [0.25, 0.3) is 0 Å². The average molecular weight is 1140 g/mol. The van der Waals surface area contributed by atoms with Gasteiger partial charge in [0.1, 0.15) is 18.1 Å². The fraction of sp³-hybridized carbons (Fsp3) is 0.526. The lowest BCUT2D eigenvalue weighted by atomic mass is 9.88. The van der Waals surface area contributed by atoms with Crippen molar-refractivity contribution >= 4 is 53.4 Å². The molecule has 3 rings (SSSR count). The highest BCUT2D eigenvalue weighted by molar-refractivity contribution is 5.89. The molecule has 0 heterocycles. The molecule has 0 spiro atoms. The van der Waals surface area contributed by atoms with Crippen LogP contribution in [-0.2, 0) is 90.8 Å². The topological polar surface area (TPSA) is 316 Å². The predicted molar refractivity (Wildman–Crippen MR) is 290 cm³/mol. The number of benzene rings is 3. The van der Waals surface area contributed by atoms with Crippen LogP contribution < -0.4 is 16.0 Å². The maximum atomic E-state index is 13.4. The zero-order valence-corrected chi connectivity index (χ0v) is 46.8. The van der Waals surface area contributed by atoms with Crippen LogP contribution in [0.15, 0.2) is 91.0 Å². The quantitative estimate of drug-likeness (QED) is 0.0156. The monoisotopic (exact) mass is 1140 g/mol. The van der Waals surface area contributed by atoms with Crippen molar-refractivity contribution in [2.45, 2.75) is 110 Å². The Morgan fingerprint density at radius 3 is 0.914 bits per heavy atom. The number of hydroxylamine groups is 6. The summed E-state index contributed by atoms with van der Waals surface area (Å²) in [6.07, 6.45) is -1.11. The SMILES string of the molecule is CCOC(=O)CCN(O)C(=O)C(Cc1ccccc1)NC(=O)CCOCC(CC)(COCCC(=O)NC(Cc1ccccc1)C(=O)N(O)CCC(=O)OCC)COCCC(=O)NC(Cc1ccccc1)C(=O)N(O)CCC(=O)OCC. The Hall–Kier alpha value is -7.35. The molecule has 0 saturated carbocycles. The first-order chi connectivity index (χ1) is 38.9. The number of nitrogens with zero attached hydrogens (tertiary/aromatic N) is 3. The molecule has 3 aromatic rings. The van der Waals surface area contributed by atoms with E-state index in [1.165, 1.54) is 0 Å². The molecule has 0 aliphatic rings. The predicted octanol–water partition coefficient (Wildman–Crippen LogP) is 3.30. The van der Waals surface area contributed by atoms with Crippen LogP contribution in [0, 0.1) is 5.41 Å². The zero-order valence-electron chi connectivity index (χ0n) is 46.8. The molecule has 0 aliphatic heterocycles. The standard InChI is InChI=1S/C57H80N6O18/c1-5-57(39-76-33-27-48(64)58-45(36-42-18-12-9-13-19-42)54(70)61(73)30-24-51(67)79-6-2,40-77-34-28-49(65)59-46(37-43-20-14-10-15-21-43)55(71)62(74)31-25-52(68)80-7-3)41-78-35-29-50(66)60-47(38-44-22-16-11-17-23-44)56(72)63(75)32-26-53(69)81-8-4/h9-23,45-47,73-75H,5-8,24-41H2,1-4H3,(H,58,64)(H,59,65)(H,60,66). The molecule has 446 valence electrons. The number of rotatable bonds is 40. The van der Waals surface area contributed by atoms with Crippen LogP contribution in [0.2, 0.25) is 0 Å². The Morgan fingerprint density at radius 1 is 0.420 bits per heavy atom. The van der Waals surface area contributed by atoms with Gasteiger partial charge in [0.05, 0.1) is 98.4 Å². The Morgan fingerprint density at radius 2 is 0.679 bits per heavy atom. The number of esters is 3. The molecule has 3 unspecified atom stereocenters. The van der Waals surface area contributed by atoms with Gasteiger partial charge in [-0.15, -0.1) is 0 Å². The fourth-order valence-electron chi connectivity index (χ4n) is 7.90. The van der Waals surface area contributed by atoms with E-state index in [1.807, 2.05) is 6.92 Å². The van der Waals surface area contributed by atoms with Gasteiger partial charge in [-0.3, -0.25) is 58.8 Å². The summed E-state index contributed by atoms with van der Waals surface area (Å²) >= 11 is 0. The van der Waals surface area contributed by atoms with Gasteiger partial charge in [0, 0.05) is 43.9 Å². The van der Waals surface area contributed by atoms with Crippen molar-refractivity contribution in [3.8, 4) is 0 Å². The van der Waals surface area contributed by atoms with Gasteiger partial charge in [-0.25, -0.2) is 15.2 Å². The first-order valence-electron chi connectivity index (χ1n) is 27.1. The third-order valence-electron chi connectivity index (χ3n) is 12.4. The van der Waals surface area contributed by atoms with Crippen LogP contribution in [0.4, 0.5) is 0 Å². The van der Waals surface area contributed by atoms with Gasteiger partial charge >= 0.3 is 17.9 Å². The van der Waals surface area contributed by atoms with E-state index in [2.05, 4.69) is 16.0 Å². The molecule has 3 atom stereocenters. The maximum absolute atomic E-state index is 13.4. The largest absolute Gasteiger partial charge is 0.466 e. The van der Waals surface area contributed by atoms with E-state index < -0.39 is 76.9 Å². The van der Waals surface area contributed by atoms with E-state index in [1.54, 1.807) is 112 Å². The van der Waals surface area contributed by atoms with E-state index in [4.69, 9.17) is 28.4 Å². The Bertz CT molecular complexity index is 2140. The van der Waals surface area contributed by atoms with E-state index in [9.17, 15) is 58.8 Å². The average Bonchev–Trinajstić information content (AvgIpc) is 3.46. The molecule has 81 heavy (non-hydrogen) atoms. The fourth-order valence-corrected chi connectivity index (χ4v) is 7.90. The van der Waals surface area contributed by atoms with Crippen LogP contribution in [0.1, 0.15) is 89.3 Å².